The van der Waals surface area contributed by atoms with Gasteiger partial charge in [-0.25, -0.2) is 0 Å². The molecule has 0 spiro atoms. The number of hydrogen-bond donors (Lipinski definition) is 2. The predicted octanol–water partition coefficient (Wildman–Crippen LogP) is 3.69. The van der Waals surface area contributed by atoms with Gasteiger partial charge in [0.25, 0.3) is 0 Å². The van der Waals surface area contributed by atoms with Crippen LogP contribution in [0.1, 0.15) is 64.1 Å². The summed E-state index contributed by atoms with van der Waals surface area (Å²) in [6.07, 6.45) is 10.9. The molecule has 2 N–H and O–H groups in total. The number of hydrogen-bond acceptors (Lipinski definition) is 2. The van der Waals surface area contributed by atoms with Gasteiger partial charge in [0.05, 0.1) is 6.20 Å². The summed E-state index contributed by atoms with van der Waals surface area (Å²) in [5, 5.41) is 10.9. The molecule has 106 valence electrons. The maximum atomic E-state index is 4.18. The Morgan fingerprint density at radius 2 is 2.16 bits per heavy atom. The van der Waals surface area contributed by atoms with Gasteiger partial charge in [0.2, 0.25) is 0 Å². The van der Waals surface area contributed by atoms with E-state index in [-0.39, 0.29) is 5.41 Å². The lowest BCUT2D eigenvalue weighted by Gasteiger charge is -2.18. The molecule has 0 fully saturated rings. The third-order valence-corrected chi connectivity index (χ3v) is 3.79. The van der Waals surface area contributed by atoms with Crippen LogP contribution < -0.4 is 5.32 Å². The average molecular weight is 261 g/mol. The van der Waals surface area contributed by atoms with Gasteiger partial charge in [0.1, 0.15) is 0 Å². The molecule has 0 aliphatic heterocycles. The van der Waals surface area contributed by atoms with Crippen LogP contribution in [0.2, 0.25) is 0 Å². The Hall–Kier alpha value is -1.09. The molecule has 0 bridgehead atoms. The minimum atomic E-state index is 0.138. The lowest BCUT2D eigenvalue weighted by atomic mass is 9.89. The molecule has 1 aliphatic carbocycles. The summed E-state index contributed by atoms with van der Waals surface area (Å²) >= 11 is 0. The summed E-state index contributed by atoms with van der Waals surface area (Å²) in [4.78, 5) is 0. The first-order chi connectivity index (χ1) is 9.07. The van der Waals surface area contributed by atoms with Crippen LogP contribution in [-0.4, -0.2) is 16.7 Å². The number of H-pyrrole nitrogens is 1. The van der Waals surface area contributed by atoms with E-state index in [0.717, 1.165) is 13.1 Å². The number of nitrogens with one attached hydrogen (secondary N) is 2. The molecule has 3 nitrogen and oxygen atoms in total. The molecule has 1 aromatic heterocycles. The molecule has 0 aromatic carbocycles. The molecule has 2 rings (SSSR count). The van der Waals surface area contributed by atoms with Gasteiger partial charge in [-0.2, -0.15) is 5.10 Å². The Morgan fingerprint density at radius 1 is 1.32 bits per heavy atom. The van der Waals surface area contributed by atoms with Crippen molar-refractivity contribution in [3.8, 4) is 0 Å². The summed E-state index contributed by atoms with van der Waals surface area (Å²) in [7, 11) is 0. The first kappa shape index (κ1) is 14.3. The maximum absolute atomic E-state index is 4.18. The smallest absolute Gasteiger partial charge is 0.0535 e. The third-order valence-electron chi connectivity index (χ3n) is 3.79. The highest BCUT2D eigenvalue weighted by Gasteiger charge is 2.19. The van der Waals surface area contributed by atoms with E-state index in [0.29, 0.717) is 0 Å². The predicted molar refractivity (Wildman–Crippen MR) is 80.2 cm³/mol. The van der Waals surface area contributed by atoms with Crippen LogP contribution in [0.3, 0.4) is 0 Å². The zero-order valence-corrected chi connectivity index (χ0v) is 12.6. The van der Waals surface area contributed by atoms with Crippen molar-refractivity contribution in [2.45, 2.75) is 64.8 Å². The average Bonchev–Trinajstić information content (AvgIpc) is 2.84. The number of aromatic nitrogens is 2. The Morgan fingerprint density at radius 3 is 2.84 bits per heavy atom. The summed E-state index contributed by atoms with van der Waals surface area (Å²) in [6.45, 7) is 8.64. The standard InChI is InChI=1S/C16H27N3/c1-16(2,3)15-14(12-18-19-15)11-17-10-9-13-7-5-4-6-8-13/h7,12,17H,4-6,8-11H2,1-3H3,(H,18,19). The second-order valence-corrected chi connectivity index (χ2v) is 6.56. The van der Waals surface area contributed by atoms with Gasteiger partial charge in [-0.15, -0.1) is 0 Å². The van der Waals surface area contributed by atoms with E-state index < -0.39 is 0 Å². The Labute approximate surface area is 116 Å². The van der Waals surface area contributed by atoms with Crippen molar-refractivity contribution < 1.29 is 0 Å². The van der Waals surface area contributed by atoms with E-state index >= 15 is 0 Å². The summed E-state index contributed by atoms with van der Waals surface area (Å²) in [5.41, 5.74) is 4.32. The Bertz CT molecular complexity index is 423. The first-order valence-electron chi connectivity index (χ1n) is 7.49. The van der Waals surface area contributed by atoms with E-state index in [9.17, 15) is 0 Å². The van der Waals surface area contributed by atoms with Crippen LogP contribution in [0.4, 0.5) is 0 Å². The molecule has 0 atom stereocenters. The van der Waals surface area contributed by atoms with Crippen molar-refractivity contribution >= 4 is 0 Å². The fourth-order valence-electron chi connectivity index (χ4n) is 2.70. The second-order valence-electron chi connectivity index (χ2n) is 6.56. The molecule has 0 radical (unpaired) electrons. The third kappa shape index (κ3) is 4.20. The number of nitrogens with zero attached hydrogens (tertiary/aromatic N) is 1. The van der Waals surface area contributed by atoms with Gasteiger partial charge in [-0.3, -0.25) is 5.10 Å². The highest BCUT2D eigenvalue weighted by molar-refractivity contribution is 5.23. The molecule has 0 amide bonds. The van der Waals surface area contributed by atoms with E-state index in [2.05, 4.69) is 42.4 Å². The van der Waals surface area contributed by atoms with E-state index in [4.69, 9.17) is 0 Å². The first-order valence-corrected chi connectivity index (χ1v) is 7.49. The quantitative estimate of drug-likeness (QED) is 0.627. The molecule has 1 heterocycles. The molecule has 3 heteroatoms. The molecule has 0 unspecified atom stereocenters. The Kier molecular flexibility index (Phi) is 4.81. The van der Waals surface area contributed by atoms with Gasteiger partial charge >= 0.3 is 0 Å². The van der Waals surface area contributed by atoms with Crippen LogP contribution in [0.25, 0.3) is 0 Å². The fourth-order valence-corrected chi connectivity index (χ4v) is 2.70. The number of allylic oxidation sites excluding steroid dienone is 1. The van der Waals surface area contributed by atoms with Crippen LogP contribution in [0.5, 0.6) is 0 Å². The van der Waals surface area contributed by atoms with Gasteiger partial charge in [-0.1, -0.05) is 32.4 Å². The summed E-state index contributed by atoms with van der Waals surface area (Å²) < 4.78 is 0. The topological polar surface area (TPSA) is 40.7 Å². The molecule has 0 saturated heterocycles. The largest absolute Gasteiger partial charge is 0.312 e. The van der Waals surface area contributed by atoms with Gasteiger partial charge in [0, 0.05) is 23.2 Å². The lowest BCUT2D eigenvalue weighted by molar-refractivity contribution is 0.552. The monoisotopic (exact) mass is 261 g/mol. The van der Waals surface area contributed by atoms with Crippen LogP contribution in [-0.2, 0) is 12.0 Å². The fraction of sp³-hybridized carbons (Fsp3) is 0.688. The van der Waals surface area contributed by atoms with Crippen LogP contribution in [0, 0.1) is 0 Å². The molecular formula is C16H27N3. The maximum Gasteiger partial charge on any atom is 0.0535 e. The second kappa shape index (κ2) is 6.38. The number of aromatic amines is 1. The zero-order chi connectivity index (χ0) is 13.7. The molecule has 1 aliphatic rings. The van der Waals surface area contributed by atoms with Crippen LogP contribution >= 0.6 is 0 Å². The Balaban J connectivity index is 1.77. The van der Waals surface area contributed by atoms with Gasteiger partial charge < -0.3 is 5.32 Å². The minimum absolute atomic E-state index is 0.138. The van der Waals surface area contributed by atoms with Gasteiger partial charge in [-0.05, 0) is 38.6 Å². The molecule has 0 saturated carbocycles. The van der Waals surface area contributed by atoms with Gasteiger partial charge in [0.15, 0.2) is 0 Å². The minimum Gasteiger partial charge on any atom is -0.312 e. The van der Waals surface area contributed by atoms with E-state index in [1.54, 1.807) is 5.57 Å². The van der Waals surface area contributed by atoms with E-state index in [1.165, 1.54) is 43.4 Å². The molecule has 1 aromatic rings. The van der Waals surface area contributed by atoms with Crippen molar-refractivity contribution in [2.75, 3.05) is 6.54 Å². The summed E-state index contributed by atoms with van der Waals surface area (Å²) in [5.74, 6) is 0. The van der Waals surface area contributed by atoms with Crippen molar-refractivity contribution in [2.24, 2.45) is 0 Å². The highest BCUT2D eigenvalue weighted by atomic mass is 15.1. The molecule has 19 heavy (non-hydrogen) atoms. The highest BCUT2D eigenvalue weighted by Crippen LogP contribution is 2.23. The zero-order valence-electron chi connectivity index (χ0n) is 12.6. The van der Waals surface area contributed by atoms with Crippen molar-refractivity contribution in [1.29, 1.82) is 0 Å². The molecular weight excluding hydrogens is 234 g/mol. The van der Waals surface area contributed by atoms with Crippen molar-refractivity contribution in [1.82, 2.24) is 15.5 Å². The van der Waals surface area contributed by atoms with Crippen LogP contribution in [0.15, 0.2) is 17.8 Å². The summed E-state index contributed by atoms with van der Waals surface area (Å²) in [6, 6.07) is 0. The van der Waals surface area contributed by atoms with Crippen molar-refractivity contribution in [3.05, 3.63) is 29.1 Å². The number of rotatable bonds is 5. The van der Waals surface area contributed by atoms with E-state index in [1.807, 2.05) is 6.20 Å². The normalized spacial score (nSPS) is 16.5. The SMILES string of the molecule is CC(C)(C)c1[nH]ncc1CNCCC1=CCCCC1. The van der Waals surface area contributed by atoms with Crippen molar-refractivity contribution in [3.63, 3.8) is 0 Å². The lowest BCUT2D eigenvalue weighted by Crippen LogP contribution is -2.20.